The first-order valence-corrected chi connectivity index (χ1v) is 6.33. The van der Waals surface area contributed by atoms with Crippen molar-refractivity contribution >= 4 is 15.9 Å². The summed E-state index contributed by atoms with van der Waals surface area (Å²) >= 11 is 3.40. The van der Waals surface area contributed by atoms with Gasteiger partial charge in [-0.3, -0.25) is 0 Å². The molecule has 0 unspecified atom stereocenters. The van der Waals surface area contributed by atoms with Crippen molar-refractivity contribution in [3.8, 4) is 0 Å². The third-order valence-electron chi connectivity index (χ3n) is 2.38. The van der Waals surface area contributed by atoms with E-state index >= 15 is 0 Å². The van der Waals surface area contributed by atoms with Gasteiger partial charge in [0.05, 0.1) is 0 Å². The van der Waals surface area contributed by atoms with Crippen LogP contribution in [0.4, 0.5) is 0 Å². The molecule has 90 valence electrons. The van der Waals surface area contributed by atoms with Gasteiger partial charge in [0.25, 0.3) is 0 Å². The number of benzene rings is 1. The number of nitrogens with two attached hydrogens (primary N) is 1. The lowest BCUT2D eigenvalue weighted by Crippen LogP contribution is -2.00. The highest BCUT2D eigenvalue weighted by atomic mass is 79.9. The highest BCUT2D eigenvalue weighted by Gasteiger charge is 2.06. The van der Waals surface area contributed by atoms with Crippen molar-refractivity contribution in [2.45, 2.75) is 19.3 Å². The van der Waals surface area contributed by atoms with E-state index in [1.54, 1.807) is 0 Å². The van der Waals surface area contributed by atoms with Crippen LogP contribution >= 0.6 is 15.9 Å². The third-order valence-corrected chi connectivity index (χ3v) is 2.91. The van der Waals surface area contributed by atoms with Gasteiger partial charge in [0, 0.05) is 17.3 Å². The first-order chi connectivity index (χ1) is 8.28. The summed E-state index contributed by atoms with van der Waals surface area (Å²) in [7, 11) is 0. The van der Waals surface area contributed by atoms with Gasteiger partial charge in [0.2, 0.25) is 5.89 Å². The Morgan fingerprint density at radius 3 is 2.71 bits per heavy atom. The fourth-order valence-electron chi connectivity index (χ4n) is 1.50. The van der Waals surface area contributed by atoms with Gasteiger partial charge in [-0.25, -0.2) is 0 Å². The minimum atomic E-state index is 0.643. The zero-order valence-electron chi connectivity index (χ0n) is 9.40. The fraction of sp³-hybridized carbons (Fsp3) is 0.333. The van der Waals surface area contributed by atoms with Gasteiger partial charge in [-0.1, -0.05) is 33.2 Å². The molecule has 0 radical (unpaired) electrons. The van der Waals surface area contributed by atoms with E-state index in [4.69, 9.17) is 10.3 Å². The van der Waals surface area contributed by atoms with Gasteiger partial charge in [0.15, 0.2) is 5.82 Å². The second kappa shape index (κ2) is 5.93. The molecule has 5 heteroatoms. The second-order valence-corrected chi connectivity index (χ2v) is 4.72. The normalized spacial score (nSPS) is 10.7. The van der Waals surface area contributed by atoms with Crippen LogP contribution in [-0.2, 0) is 12.8 Å². The van der Waals surface area contributed by atoms with Crippen LogP contribution in [0.25, 0.3) is 0 Å². The van der Waals surface area contributed by atoms with Crippen molar-refractivity contribution in [1.82, 2.24) is 10.1 Å². The lowest BCUT2D eigenvalue weighted by atomic mass is 10.1. The Balaban J connectivity index is 1.98. The Bertz CT molecular complexity index is 467. The quantitative estimate of drug-likeness (QED) is 0.919. The number of hydrogen-bond donors (Lipinski definition) is 1. The monoisotopic (exact) mass is 295 g/mol. The van der Waals surface area contributed by atoms with Crippen LogP contribution in [0.15, 0.2) is 33.3 Å². The summed E-state index contributed by atoms with van der Waals surface area (Å²) in [5, 5.41) is 3.95. The molecule has 4 nitrogen and oxygen atoms in total. The summed E-state index contributed by atoms with van der Waals surface area (Å²) in [4.78, 5) is 4.32. The average Bonchev–Trinajstić information content (AvgIpc) is 2.77. The van der Waals surface area contributed by atoms with Crippen LogP contribution in [-0.4, -0.2) is 16.7 Å². The molecule has 0 bridgehead atoms. The van der Waals surface area contributed by atoms with E-state index in [2.05, 4.69) is 26.1 Å². The molecule has 0 aliphatic heterocycles. The summed E-state index contributed by atoms with van der Waals surface area (Å²) in [5.41, 5.74) is 6.59. The van der Waals surface area contributed by atoms with Gasteiger partial charge < -0.3 is 10.3 Å². The van der Waals surface area contributed by atoms with Crippen LogP contribution in [0.5, 0.6) is 0 Å². The molecule has 0 saturated carbocycles. The lowest BCUT2D eigenvalue weighted by molar-refractivity contribution is 0.371. The Labute approximate surface area is 108 Å². The molecule has 0 fully saturated rings. The smallest absolute Gasteiger partial charge is 0.226 e. The average molecular weight is 296 g/mol. The van der Waals surface area contributed by atoms with Crippen LogP contribution in [0.2, 0.25) is 0 Å². The van der Waals surface area contributed by atoms with E-state index in [-0.39, 0.29) is 0 Å². The van der Waals surface area contributed by atoms with Crippen molar-refractivity contribution in [2.75, 3.05) is 6.54 Å². The molecule has 0 aliphatic rings. The molecular weight excluding hydrogens is 282 g/mol. The molecule has 0 atom stereocenters. The number of aromatic nitrogens is 2. The second-order valence-electron chi connectivity index (χ2n) is 3.80. The molecular formula is C12H14BrN3O. The predicted octanol–water partition coefficient (Wildman–Crippen LogP) is 2.31. The van der Waals surface area contributed by atoms with E-state index < -0.39 is 0 Å². The molecule has 1 aromatic heterocycles. The SMILES string of the molecule is NCCCc1nc(Cc2ccc(Br)cc2)no1. The Hall–Kier alpha value is -1.20. The first-order valence-electron chi connectivity index (χ1n) is 5.54. The zero-order valence-corrected chi connectivity index (χ0v) is 11.0. The third kappa shape index (κ3) is 3.64. The van der Waals surface area contributed by atoms with E-state index in [0.717, 1.165) is 23.1 Å². The summed E-state index contributed by atoms with van der Waals surface area (Å²) < 4.78 is 6.20. The summed E-state index contributed by atoms with van der Waals surface area (Å²) in [6.45, 7) is 0.643. The Morgan fingerprint density at radius 2 is 2.00 bits per heavy atom. The van der Waals surface area contributed by atoms with E-state index in [0.29, 0.717) is 18.9 Å². The molecule has 2 rings (SSSR count). The van der Waals surface area contributed by atoms with Crippen molar-refractivity contribution in [2.24, 2.45) is 5.73 Å². The van der Waals surface area contributed by atoms with Crippen molar-refractivity contribution < 1.29 is 4.52 Å². The number of hydrogen-bond acceptors (Lipinski definition) is 4. The van der Waals surface area contributed by atoms with Gasteiger partial charge >= 0.3 is 0 Å². The van der Waals surface area contributed by atoms with Gasteiger partial charge in [-0.15, -0.1) is 0 Å². The molecule has 0 spiro atoms. The van der Waals surface area contributed by atoms with Gasteiger partial charge in [-0.05, 0) is 30.7 Å². The molecule has 2 N–H and O–H groups in total. The van der Waals surface area contributed by atoms with E-state index in [1.807, 2.05) is 24.3 Å². The minimum Gasteiger partial charge on any atom is -0.339 e. The molecule has 0 saturated heterocycles. The number of nitrogens with zero attached hydrogens (tertiary/aromatic N) is 2. The molecule has 2 aromatic rings. The zero-order chi connectivity index (χ0) is 12.1. The van der Waals surface area contributed by atoms with Crippen LogP contribution in [0.1, 0.15) is 23.7 Å². The molecule has 0 amide bonds. The minimum absolute atomic E-state index is 0.643. The van der Waals surface area contributed by atoms with Gasteiger partial charge in [0.1, 0.15) is 0 Å². The first kappa shape index (κ1) is 12.3. The van der Waals surface area contributed by atoms with E-state index in [9.17, 15) is 0 Å². The van der Waals surface area contributed by atoms with Gasteiger partial charge in [-0.2, -0.15) is 4.98 Å². The number of halogens is 1. The van der Waals surface area contributed by atoms with Crippen LogP contribution < -0.4 is 5.73 Å². The molecule has 17 heavy (non-hydrogen) atoms. The maximum absolute atomic E-state index is 5.43. The summed E-state index contributed by atoms with van der Waals surface area (Å²) in [6.07, 6.45) is 2.32. The topological polar surface area (TPSA) is 64.9 Å². The van der Waals surface area contributed by atoms with Crippen molar-refractivity contribution in [3.05, 3.63) is 46.0 Å². The van der Waals surface area contributed by atoms with Crippen LogP contribution in [0.3, 0.4) is 0 Å². The van der Waals surface area contributed by atoms with Crippen molar-refractivity contribution in [3.63, 3.8) is 0 Å². The highest BCUT2D eigenvalue weighted by molar-refractivity contribution is 9.10. The molecule has 1 aromatic carbocycles. The predicted molar refractivity (Wildman–Crippen MR) is 68.6 cm³/mol. The van der Waals surface area contributed by atoms with E-state index in [1.165, 1.54) is 5.56 Å². The molecule has 0 aliphatic carbocycles. The fourth-order valence-corrected chi connectivity index (χ4v) is 1.77. The van der Waals surface area contributed by atoms with Crippen molar-refractivity contribution in [1.29, 1.82) is 0 Å². The maximum Gasteiger partial charge on any atom is 0.226 e. The Kier molecular flexibility index (Phi) is 4.28. The number of aryl methyl sites for hydroxylation is 1. The summed E-state index contributed by atoms with van der Waals surface area (Å²) in [5.74, 6) is 1.39. The summed E-state index contributed by atoms with van der Waals surface area (Å²) in [6, 6.07) is 8.09. The maximum atomic E-state index is 5.43. The standard InChI is InChI=1S/C12H14BrN3O/c13-10-5-3-9(4-6-10)8-11-15-12(17-16-11)2-1-7-14/h3-6H,1-2,7-8,14H2. The Morgan fingerprint density at radius 1 is 1.24 bits per heavy atom. The largest absolute Gasteiger partial charge is 0.339 e. The number of rotatable bonds is 5. The van der Waals surface area contributed by atoms with Crippen LogP contribution in [0, 0.1) is 0 Å². The molecule has 1 heterocycles. The highest BCUT2D eigenvalue weighted by Crippen LogP contribution is 2.13. The lowest BCUT2D eigenvalue weighted by Gasteiger charge is -1.96.